The molecular weight excluding hydrogens is 240 g/mol. The molecule has 1 aliphatic rings. The fourth-order valence-corrected chi connectivity index (χ4v) is 3.78. The van der Waals surface area contributed by atoms with Gasteiger partial charge in [-0.2, -0.15) is 0 Å². The van der Waals surface area contributed by atoms with Gasteiger partial charge in [-0.05, 0) is 31.2 Å². The zero-order valence-electron chi connectivity index (χ0n) is 12.2. The standard InChI is InChI=1S/C15H26N2S/c1-5-7-12-13(10-16-8-6-2)18-14(17-12)11-9-15(11,3)4/h11,16H,5-10H2,1-4H3. The maximum Gasteiger partial charge on any atom is 0.0968 e. The number of hydrogen-bond donors (Lipinski definition) is 1. The van der Waals surface area contributed by atoms with E-state index in [9.17, 15) is 0 Å². The molecule has 2 rings (SSSR count). The van der Waals surface area contributed by atoms with Crippen LogP contribution in [0.25, 0.3) is 0 Å². The first-order chi connectivity index (χ1) is 8.58. The lowest BCUT2D eigenvalue weighted by molar-refractivity contribution is 0.619. The molecule has 1 unspecified atom stereocenters. The molecule has 2 nitrogen and oxygen atoms in total. The summed E-state index contributed by atoms with van der Waals surface area (Å²) >= 11 is 1.95. The Labute approximate surface area is 115 Å². The summed E-state index contributed by atoms with van der Waals surface area (Å²) in [4.78, 5) is 6.39. The molecule has 0 radical (unpaired) electrons. The normalized spacial score (nSPS) is 21.2. The highest BCUT2D eigenvalue weighted by molar-refractivity contribution is 7.11. The van der Waals surface area contributed by atoms with Gasteiger partial charge in [0.1, 0.15) is 0 Å². The molecule has 0 amide bonds. The number of nitrogens with zero attached hydrogens (tertiary/aromatic N) is 1. The third-order valence-corrected chi connectivity index (χ3v) is 5.02. The lowest BCUT2D eigenvalue weighted by Gasteiger charge is -2.02. The highest BCUT2D eigenvalue weighted by atomic mass is 32.1. The highest BCUT2D eigenvalue weighted by Gasteiger charge is 2.48. The van der Waals surface area contributed by atoms with Gasteiger partial charge in [-0.3, -0.25) is 0 Å². The lowest BCUT2D eigenvalue weighted by Crippen LogP contribution is -2.13. The van der Waals surface area contributed by atoms with Crippen LogP contribution in [0.4, 0.5) is 0 Å². The van der Waals surface area contributed by atoms with E-state index in [1.165, 1.54) is 34.8 Å². The second-order valence-electron chi connectivity index (χ2n) is 6.09. The highest BCUT2D eigenvalue weighted by Crippen LogP contribution is 2.59. The smallest absolute Gasteiger partial charge is 0.0968 e. The molecule has 3 heteroatoms. The fourth-order valence-electron chi connectivity index (χ4n) is 2.39. The van der Waals surface area contributed by atoms with Gasteiger partial charge >= 0.3 is 0 Å². The van der Waals surface area contributed by atoms with Crippen LogP contribution in [0, 0.1) is 5.41 Å². The Kier molecular flexibility index (Phi) is 4.44. The van der Waals surface area contributed by atoms with E-state index in [0.29, 0.717) is 5.41 Å². The summed E-state index contributed by atoms with van der Waals surface area (Å²) in [5.41, 5.74) is 1.85. The Balaban J connectivity index is 2.06. The number of aromatic nitrogens is 1. The predicted octanol–water partition coefficient (Wildman–Crippen LogP) is 4.11. The monoisotopic (exact) mass is 266 g/mol. The van der Waals surface area contributed by atoms with Crippen LogP contribution in [0.2, 0.25) is 0 Å². The van der Waals surface area contributed by atoms with Crippen molar-refractivity contribution in [1.82, 2.24) is 10.3 Å². The van der Waals surface area contributed by atoms with Gasteiger partial charge in [0.05, 0.1) is 10.7 Å². The molecule has 0 bridgehead atoms. The Hall–Kier alpha value is -0.410. The van der Waals surface area contributed by atoms with Crippen molar-refractivity contribution in [3.63, 3.8) is 0 Å². The molecule has 0 saturated heterocycles. The molecule has 1 aliphatic carbocycles. The first-order valence-electron chi connectivity index (χ1n) is 7.27. The topological polar surface area (TPSA) is 24.9 Å². The quantitative estimate of drug-likeness (QED) is 0.751. The van der Waals surface area contributed by atoms with Gasteiger partial charge in [0, 0.05) is 17.3 Å². The number of aryl methyl sites for hydroxylation is 1. The van der Waals surface area contributed by atoms with Crippen molar-refractivity contribution in [2.45, 2.75) is 65.8 Å². The van der Waals surface area contributed by atoms with Gasteiger partial charge in [0.25, 0.3) is 0 Å². The van der Waals surface area contributed by atoms with Crippen LogP contribution in [0.1, 0.15) is 68.5 Å². The zero-order chi connectivity index (χ0) is 13.2. The van der Waals surface area contributed by atoms with Crippen molar-refractivity contribution in [2.75, 3.05) is 6.54 Å². The summed E-state index contributed by atoms with van der Waals surface area (Å²) in [6.07, 6.45) is 4.84. The number of nitrogens with one attached hydrogen (secondary N) is 1. The zero-order valence-corrected chi connectivity index (χ0v) is 13.0. The molecule has 1 heterocycles. The molecule has 1 aromatic heterocycles. The van der Waals surface area contributed by atoms with E-state index in [2.05, 4.69) is 33.0 Å². The lowest BCUT2D eigenvalue weighted by atomic mass is 10.1. The molecule has 0 aliphatic heterocycles. The second kappa shape index (κ2) is 5.70. The molecule has 1 aromatic rings. The third-order valence-electron chi connectivity index (χ3n) is 3.81. The van der Waals surface area contributed by atoms with E-state index in [1.807, 2.05) is 11.3 Å². The van der Waals surface area contributed by atoms with Gasteiger partial charge in [-0.15, -0.1) is 11.3 Å². The first kappa shape index (κ1) is 14.0. The molecule has 1 saturated carbocycles. The maximum atomic E-state index is 4.91. The summed E-state index contributed by atoms with van der Waals surface area (Å²) in [7, 11) is 0. The molecule has 0 aromatic carbocycles. The van der Waals surface area contributed by atoms with E-state index in [1.54, 1.807) is 0 Å². The summed E-state index contributed by atoms with van der Waals surface area (Å²) in [6, 6.07) is 0. The molecule has 102 valence electrons. The van der Waals surface area contributed by atoms with E-state index in [-0.39, 0.29) is 0 Å². The van der Waals surface area contributed by atoms with Crippen molar-refractivity contribution in [1.29, 1.82) is 0 Å². The summed E-state index contributed by atoms with van der Waals surface area (Å²) in [5, 5.41) is 4.90. The van der Waals surface area contributed by atoms with Crippen LogP contribution in [0.3, 0.4) is 0 Å². The van der Waals surface area contributed by atoms with Crippen molar-refractivity contribution in [3.05, 3.63) is 15.6 Å². The SMILES string of the molecule is CCCNCc1sc(C2CC2(C)C)nc1CCC. The minimum Gasteiger partial charge on any atom is -0.312 e. The van der Waals surface area contributed by atoms with Crippen LogP contribution in [0.5, 0.6) is 0 Å². The van der Waals surface area contributed by atoms with Crippen LogP contribution in [0.15, 0.2) is 0 Å². The molecule has 18 heavy (non-hydrogen) atoms. The van der Waals surface area contributed by atoms with E-state index >= 15 is 0 Å². The summed E-state index contributed by atoms with van der Waals surface area (Å²) in [5.74, 6) is 0.720. The first-order valence-corrected chi connectivity index (χ1v) is 8.09. The Morgan fingerprint density at radius 3 is 2.61 bits per heavy atom. The number of rotatable bonds is 7. The predicted molar refractivity (Wildman–Crippen MR) is 79.2 cm³/mol. The third kappa shape index (κ3) is 3.12. The largest absolute Gasteiger partial charge is 0.312 e. The Bertz CT molecular complexity index is 395. The van der Waals surface area contributed by atoms with Crippen molar-refractivity contribution >= 4 is 11.3 Å². The molecule has 1 fully saturated rings. The van der Waals surface area contributed by atoms with E-state index in [4.69, 9.17) is 4.98 Å². The van der Waals surface area contributed by atoms with Crippen molar-refractivity contribution < 1.29 is 0 Å². The van der Waals surface area contributed by atoms with Gasteiger partial charge in [-0.25, -0.2) is 4.98 Å². The number of hydrogen-bond acceptors (Lipinski definition) is 3. The van der Waals surface area contributed by atoms with Crippen LogP contribution in [-0.4, -0.2) is 11.5 Å². The molecule has 1 atom stereocenters. The summed E-state index contributed by atoms with van der Waals surface area (Å²) < 4.78 is 0. The average Bonchev–Trinajstić information content (AvgIpc) is 2.78. The van der Waals surface area contributed by atoms with Gasteiger partial charge in [0.15, 0.2) is 0 Å². The second-order valence-corrected chi connectivity index (χ2v) is 7.21. The van der Waals surface area contributed by atoms with Crippen LogP contribution in [-0.2, 0) is 13.0 Å². The van der Waals surface area contributed by atoms with Crippen LogP contribution < -0.4 is 5.32 Å². The van der Waals surface area contributed by atoms with Crippen LogP contribution >= 0.6 is 11.3 Å². The minimum absolute atomic E-state index is 0.495. The Morgan fingerprint density at radius 2 is 2.06 bits per heavy atom. The maximum absolute atomic E-state index is 4.91. The average molecular weight is 266 g/mol. The summed E-state index contributed by atoms with van der Waals surface area (Å²) in [6.45, 7) is 11.3. The fraction of sp³-hybridized carbons (Fsp3) is 0.800. The number of thiazole rings is 1. The minimum atomic E-state index is 0.495. The molecule has 0 spiro atoms. The molecular formula is C15H26N2S. The van der Waals surface area contributed by atoms with E-state index < -0.39 is 0 Å². The van der Waals surface area contributed by atoms with Crippen molar-refractivity contribution in [3.8, 4) is 0 Å². The van der Waals surface area contributed by atoms with Crippen molar-refractivity contribution in [2.24, 2.45) is 5.41 Å². The molecule has 1 N–H and O–H groups in total. The van der Waals surface area contributed by atoms with E-state index in [0.717, 1.165) is 25.4 Å². The Morgan fingerprint density at radius 1 is 1.33 bits per heavy atom. The van der Waals surface area contributed by atoms with Gasteiger partial charge in [0.2, 0.25) is 0 Å². The van der Waals surface area contributed by atoms with Gasteiger partial charge in [-0.1, -0.05) is 34.1 Å². The van der Waals surface area contributed by atoms with Gasteiger partial charge < -0.3 is 5.32 Å².